The third kappa shape index (κ3) is 8.84. The van der Waals surface area contributed by atoms with Gasteiger partial charge in [0, 0.05) is 25.6 Å². The molecule has 0 rings (SSSR count). The predicted octanol–water partition coefficient (Wildman–Crippen LogP) is 0.792. The van der Waals surface area contributed by atoms with E-state index in [9.17, 15) is 4.79 Å². The van der Waals surface area contributed by atoms with Gasteiger partial charge in [-0.15, -0.1) is 0 Å². The Kier molecular flexibility index (Phi) is 8.44. The summed E-state index contributed by atoms with van der Waals surface area (Å²) in [4.78, 5) is 13.0. The molecule has 0 heterocycles. The smallest absolute Gasteiger partial charge is 0.217 e. The van der Waals surface area contributed by atoms with Gasteiger partial charge in [-0.1, -0.05) is 6.92 Å². The molecule has 0 aromatic carbocycles. The SMILES string of the molecule is C=[P+](C)CN(CCC)CC(N)CCC(N)=O. The molecule has 0 aliphatic carbocycles. The average molecular weight is 246 g/mol. The molecule has 16 heavy (non-hydrogen) atoms. The molecule has 0 aliphatic rings. The molecule has 0 aromatic rings. The van der Waals surface area contributed by atoms with E-state index in [4.69, 9.17) is 11.5 Å². The molecule has 4 nitrogen and oxygen atoms in total. The lowest BCUT2D eigenvalue weighted by molar-refractivity contribution is -0.118. The van der Waals surface area contributed by atoms with Crippen LogP contribution in [-0.4, -0.2) is 49.2 Å². The number of primary amides is 1. The lowest BCUT2D eigenvalue weighted by atomic mass is 10.1. The van der Waals surface area contributed by atoms with Crippen LogP contribution in [-0.2, 0) is 4.79 Å². The highest BCUT2D eigenvalue weighted by molar-refractivity contribution is 7.54. The van der Waals surface area contributed by atoms with E-state index < -0.39 is 0 Å². The number of nitrogens with zero attached hydrogens (tertiary/aromatic N) is 1. The maximum absolute atomic E-state index is 10.6. The number of rotatable bonds is 9. The molecule has 0 fully saturated rings. The second-order valence-corrected chi connectivity index (χ2v) is 6.33. The summed E-state index contributed by atoms with van der Waals surface area (Å²) < 4.78 is 0. The molecule has 94 valence electrons. The Hall–Kier alpha value is -0.440. The van der Waals surface area contributed by atoms with Gasteiger partial charge in [0.2, 0.25) is 5.91 Å². The highest BCUT2D eigenvalue weighted by Crippen LogP contribution is 2.15. The minimum absolute atomic E-state index is 0.0361. The van der Waals surface area contributed by atoms with Crippen LogP contribution in [0.25, 0.3) is 0 Å². The van der Waals surface area contributed by atoms with Crippen LogP contribution < -0.4 is 11.5 Å². The van der Waals surface area contributed by atoms with Crippen molar-refractivity contribution in [2.75, 3.05) is 26.0 Å². The van der Waals surface area contributed by atoms with E-state index in [2.05, 4.69) is 24.8 Å². The van der Waals surface area contributed by atoms with Gasteiger partial charge in [0.05, 0.1) is 20.5 Å². The van der Waals surface area contributed by atoms with Gasteiger partial charge < -0.3 is 11.5 Å². The first-order chi connectivity index (χ1) is 7.45. The molecular formula is C11H25N3OP+. The summed E-state index contributed by atoms with van der Waals surface area (Å²) in [7, 11) is -0.175. The van der Waals surface area contributed by atoms with Crippen LogP contribution in [0.3, 0.4) is 0 Å². The molecule has 0 spiro atoms. The van der Waals surface area contributed by atoms with Crippen molar-refractivity contribution in [1.82, 2.24) is 4.90 Å². The molecule has 0 radical (unpaired) electrons. The van der Waals surface area contributed by atoms with Gasteiger partial charge in [0.25, 0.3) is 0 Å². The summed E-state index contributed by atoms with van der Waals surface area (Å²) in [5.74, 6) is -0.271. The fourth-order valence-electron chi connectivity index (χ4n) is 1.63. The molecule has 0 saturated heterocycles. The lowest BCUT2D eigenvalue weighted by Gasteiger charge is -2.21. The van der Waals surface area contributed by atoms with Crippen molar-refractivity contribution in [2.24, 2.45) is 11.5 Å². The molecular weight excluding hydrogens is 221 g/mol. The van der Waals surface area contributed by atoms with E-state index in [-0.39, 0.29) is 19.5 Å². The van der Waals surface area contributed by atoms with Crippen LogP contribution in [0, 0.1) is 0 Å². The van der Waals surface area contributed by atoms with Gasteiger partial charge in [0.1, 0.15) is 0 Å². The van der Waals surface area contributed by atoms with Gasteiger partial charge in [0.15, 0.2) is 6.29 Å². The summed E-state index contributed by atoms with van der Waals surface area (Å²) in [6, 6.07) is 0.0361. The fourth-order valence-corrected chi connectivity index (χ4v) is 2.57. The Morgan fingerprint density at radius 3 is 2.62 bits per heavy atom. The minimum atomic E-state index is -0.271. The Balaban J connectivity index is 3.96. The number of hydrogen-bond acceptors (Lipinski definition) is 3. The van der Waals surface area contributed by atoms with Crippen molar-refractivity contribution in [3.63, 3.8) is 0 Å². The zero-order valence-electron chi connectivity index (χ0n) is 10.5. The Morgan fingerprint density at radius 2 is 2.19 bits per heavy atom. The molecule has 5 heteroatoms. The minimum Gasteiger partial charge on any atom is -0.370 e. The first kappa shape index (κ1) is 15.6. The maximum Gasteiger partial charge on any atom is 0.217 e. The molecule has 1 amide bonds. The van der Waals surface area contributed by atoms with E-state index in [1.54, 1.807) is 0 Å². The molecule has 0 aromatic heterocycles. The summed E-state index contributed by atoms with van der Waals surface area (Å²) >= 11 is 0. The molecule has 0 aliphatic heterocycles. The molecule has 2 unspecified atom stereocenters. The van der Waals surface area contributed by atoms with Crippen LogP contribution in [0.4, 0.5) is 0 Å². The number of amides is 1. The van der Waals surface area contributed by atoms with E-state index >= 15 is 0 Å². The summed E-state index contributed by atoms with van der Waals surface area (Å²) in [6.45, 7) is 6.20. The first-order valence-electron chi connectivity index (χ1n) is 5.73. The second-order valence-electron chi connectivity index (χ2n) is 4.34. The zero-order valence-corrected chi connectivity index (χ0v) is 11.4. The van der Waals surface area contributed by atoms with Gasteiger partial charge in [-0.25, -0.2) is 0 Å². The molecule has 0 saturated carbocycles. The van der Waals surface area contributed by atoms with Crippen molar-refractivity contribution >= 4 is 19.8 Å². The van der Waals surface area contributed by atoms with Crippen LogP contribution in [0.1, 0.15) is 26.2 Å². The van der Waals surface area contributed by atoms with Gasteiger partial charge in [-0.2, -0.15) is 0 Å². The summed E-state index contributed by atoms with van der Waals surface area (Å²) in [6.07, 6.45) is 7.24. The van der Waals surface area contributed by atoms with Crippen molar-refractivity contribution < 1.29 is 4.79 Å². The molecule has 2 atom stereocenters. The Labute approximate surface area is 99.7 Å². The molecule has 0 bridgehead atoms. The number of nitrogens with two attached hydrogens (primary N) is 2. The van der Waals surface area contributed by atoms with Crippen molar-refractivity contribution in [3.05, 3.63) is 0 Å². The maximum atomic E-state index is 10.6. The third-order valence-corrected chi connectivity index (χ3v) is 3.12. The van der Waals surface area contributed by atoms with Crippen LogP contribution in [0.5, 0.6) is 0 Å². The van der Waals surface area contributed by atoms with Crippen molar-refractivity contribution in [1.29, 1.82) is 0 Å². The van der Waals surface area contributed by atoms with Gasteiger partial charge in [-0.05, 0) is 12.8 Å². The first-order valence-corrected chi connectivity index (χ1v) is 7.89. The van der Waals surface area contributed by atoms with E-state index in [1.165, 1.54) is 0 Å². The third-order valence-electron chi connectivity index (χ3n) is 2.24. The van der Waals surface area contributed by atoms with Crippen LogP contribution in [0.15, 0.2) is 0 Å². The van der Waals surface area contributed by atoms with Crippen LogP contribution >= 0.6 is 7.55 Å². The Morgan fingerprint density at radius 1 is 1.56 bits per heavy atom. The van der Waals surface area contributed by atoms with E-state index in [0.29, 0.717) is 12.8 Å². The quantitative estimate of drug-likeness (QED) is 0.591. The molecule has 4 N–H and O–H groups in total. The van der Waals surface area contributed by atoms with E-state index in [0.717, 1.165) is 25.8 Å². The van der Waals surface area contributed by atoms with Crippen LogP contribution in [0.2, 0.25) is 0 Å². The summed E-state index contributed by atoms with van der Waals surface area (Å²) in [5, 5.41) is 0. The number of hydrogen-bond donors (Lipinski definition) is 2. The zero-order chi connectivity index (χ0) is 12.6. The van der Waals surface area contributed by atoms with Gasteiger partial charge in [-0.3, -0.25) is 9.69 Å². The standard InChI is InChI=1S/C11H24N3OP/c1-4-7-14(9-16(2)3)8-10(12)5-6-11(13)15/h10H,2,4-9,12H2,1,3H3,(H-,13,15)/p+1. The predicted molar refractivity (Wildman–Crippen MR) is 73.1 cm³/mol. The Bertz CT molecular complexity index is 233. The lowest BCUT2D eigenvalue weighted by Crippen LogP contribution is -2.38. The topological polar surface area (TPSA) is 72.3 Å². The van der Waals surface area contributed by atoms with E-state index in [1.807, 2.05) is 0 Å². The normalized spacial score (nSPS) is 13.9. The average Bonchev–Trinajstić information content (AvgIpc) is 2.14. The van der Waals surface area contributed by atoms with Crippen molar-refractivity contribution in [3.8, 4) is 0 Å². The van der Waals surface area contributed by atoms with Gasteiger partial charge >= 0.3 is 0 Å². The fraction of sp³-hybridized carbons (Fsp3) is 0.818. The number of carbonyl (C=O) groups excluding carboxylic acids is 1. The number of carbonyl (C=O) groups is 1. The highest BCUT2D eigenvalue weighted by atomic mass is 31.1. The van der Waals surface area contributed by atoms with Crippen molar-refractivity contribution in [2.45, 2.75) is 32.2 Å². The summed E-state index contributed by atoms with van der Waals surface area (Å²) in [5.41, 5.74) is 11.1. The monoisotopic (exact) mass is 246 g/mol. The second kappa shape index (κ2) is 8.68. The highest BCUT2D eigenvalue weighted by Gasteiger charge is 2.14. The largest absolute Gasteiger partial charge is 0.370 e.